The Hall–Kier alpha value is -2.31. The number of ether oxygens (including phenoxy) is 1. The molecular formula is C12H10F3N3O. The highest BCUT2D eigenvalue weighted by molar-refractivity contribution is 5.35. The first-order valence-electron chi connectivity index (χ1n) is 5.30. The molecule has 0 spiro atoms. The number of nitrogens with two attached hydrogens (primary N) is 1. The molecule has 1 aromatic carbocycles. The van der Waals surface area contributed by atoms with Crippen molar-refractivity contribution in [1.82, 2.24) is 9.97 Å². The number of hydrogen-bond donors (Lipinski definition) is 1. The van der Waals surface area contributed by atoms with Gasteiger partial charge in [-0.15, -0.1) is 0 Å². The Balaban J connectivity index is 2.22. The van der Waals surface area contributed by atoms with Crippen molar-refractivity contribution in [2.45, 2.75) is 13.1 Å². The second-order valence-corrected chi connectivity index (χ2v) is 3.84. The van der Waals surface area contributed by atoms with E-state index in [1.165, 1.54) is 18.3 Å². The highest BCUT2D eigenvalue weighted by atomic mass is 19.4. The van der Waals surface area contributed by atoms with Crippen molar-refractivity contribution in [3.8, 4) is 11.6 Å². The van der Waals surface area contributed by atoms with Crippen molar-refractivity contribution < 1.29 is 17.9 Å². The van der Waals surface area contributed by atoms with Gasteiger partial charge in [0.2, 0.25) is 11.8 Å². The lowest BCUT2D eigenvalue weighted by Gasteiger charge is -2.09. The molecule has 0 aliphatic heterocycles. The lowest BCUT2D eigenvalue weighted by atomic mass is 10.2. The molecule has 4 nitrogen and oxygen atoms in total. The van der Waals surface area contributed by atoms with E-state index in [9.17, 15) is 13.2 Å². The van der Waals surface area contributed by atoms with E-state index in [4.69, 9.17) is 10.5 Å². The number of alkyl halides is 3. The summed E-state index contributed by atoms with van der Waals surface area (Å²) in [5.74, 6) is 0.494. The maximum absolute atomic E-state index is 12.4. The van der Waals surface area contributed by atoms with E-state index < -0.39 is 11.7 Å². The number of aryl methyl sites for hydroxylation is 1. The number of nitrogen functional groups attached to an aromatic ring is 1. The molecule has 100 valence electrons. The Morgan fingerprint density at radius 2 is 1.79 bits per heavy atom. The first-order chi connectivity index (χ1) is 8.86. The van der Waals surface area contributed by atoms with Crippen LogP contribution in [-0.4, -0.2) is 9.97 Å². The van der Waals surface area contributed by atoms with Crippen molar-refractivity contribution in [2.24, 2.45) is 0 Å². The molecule has 0 saturated heterocycles. The minimum absolute atomic E-state index is 0.0347. The van der Waals surface area contributed by atoms with Gasteiger partial charge in [0, 0.05) is 11.8 Å². The third-order valence-corrected chi connectivity index (χ3v) is 2.34. The Bertz CT molecular complexity index is 582. The smallest absolute Gasteiger partial charge is 0.416 e. The summed E-state index contributed by atoms with van der Waals surface area (Å²) in [6.45, 7) is 1.71. The molecule has 0 fully saturated rings. The average Bonchev–Trinajstić information content (AvgIpc) is 2.33. The maximum Gasteiger partial charge on any atom is 0.416 e. The summed E-state index contributed by atoms with van der Waals surface area (Å²) in [6.07, 6.45) is -2.89. The van der Waals surface area contributed by atoms with Crippen molar-refractivity contribution in [1.29, 1.82) is 0 Å². The average molecular weight is 269 g/mol. The summed E-state index contributed by atoms with van der Waals surface area (Å²) in [5, 5.41) is 0. The molecule has 1 heterocycles. The molecule has 0 amide bonds. The van der Waals surface area contributed by atoms with Gasteiger partial charge in [-0.1, -0.05) is 0 Å². The summed E-state index contributed by atoms with van der Waals surface area (Å²) in [7, 11) is 0. The van der Waals surface area contributed by atoms with Gasteiger partial charge in [0.05, 0.1) is 5.56 Å². The van der Waals surface area contributed by atoms with Gasteiger partial charge in [-0.2, -0.15) is 18.2 Å². The SMILES string of the molecule is Cc1cnc(N)nc1Oc1ccc(C(F)(F)F)cc1. The molecule has 0 saturated carbocycles. The van der Waals surface area contributed by atoms with Gasteiger partial charge in [-0.05, 0) is 31.2 Å². The zero-order chi connectivity index (χ0) is 14.0. The summed E-state index contributed by atoms with van der Waals surface area (Å²) in [5.41, 5.74) is 5.31. The standard InChI is InChI=1S/C12H10F3N3O/c1-7-6-17-11(16)18-10(7)19-9-4-2-8(3-5-9)12(13,14)15/h2-6H,1H3,(H2,16,17,18). The first-order valence-corrected chi connectivity index (χ1v) is 5.30. The van der Waals surface area contributed by atoms with Crippen LogP contribution in [0.4, 0.5) is 19.1 Å². The van der Waals surface area contributed by atoms with E-state index >= 15 is 0 Å². The molecule has 0 radical (unpaired) electrons. The number of anilines is 1. The van der Waals surface area contributed by atoms with Crippen molar-refractivity contribution in [2.75, 3.05) is 5.73 Å². The number of halogens is 3. The van der Waals surface area contributed by atoms with E-state index in [0.29, 0.717) is 5.56 Å². The molecule has 0 aliphatic carbocycles. The number of nitrogens with zero attached hydrogens (tertiary/aromatic N) is 2. The first kappa shape index (κ1) is 13.1. The predicted octanol–water partition coefficient (Wildman–Crippen LogP) is 3.18. The molecule has 2 rings (SSSR count). The molecule has 1 aromatic heterocycles. The molecule has 0 unspecified atom stereocenters. The van der Waals surface area contributed by atoms with Crippen LogP contribution in [0.3, 0.4) is 0 Å². The Morgan fingerprint density at radius 1 is 1.16 bits per heavy atom. The largest absolute Gasteiger partial charge is 0.439 e. The van der Waals surface area contributed by atoms with Crippen LogP contribution in [0.25, 0.3) is 0 Å². The van der Waals surface area contributed by atoms with Gasteiger partial charge in [0.1, 0.15) is 5.75 Å². The Morgan fingerprint density at radius 3 is 2.37 bits per heavy atom. The zero-order valence-electron chi connectivity index (χ0n) is 9.90. The molecular weight excluding hydrogens is 259 g/mol. The van der Waals surface area contributed by atoms with E-state index in [0.717, 1.165) is 12.1 Å². The van der Waals surface area contributed by atoms with Crippen LogP contribution < -0.4 is 10.5 Å². The maximum atomic E-state index is 12.4. The molecule has 0 aliphatic rings. The van der Waals surface area contributed by atoms with Crippen LogP contribution in [0.5, 0.6) is 11.6 Å². The molecule has 0 bridgehead atoms. The van der Waals surface area contributed by atoms with Crippen LogP contribution in [0.2, 0.25) is 0 Å². The van der Waals surface area contributed by atoms with Crippen LogP contribution in [0.15, 0.2) is 30.5 Å². The summed E-state index contributed by atoms with van der Waals surface area (Å²) >= 11 is 0. The quantitative estimate of drug-likeness (QED) is 0.909. The van der Waals surface area contributed by atoms with Crippen LogP contribution >= 0.6 is 0 Å². The number of aromatic nitrogens is 2. The summed E-state index contributed by atoms with van der Waals surface area (Å²) in [4.78, 5) is 7.63. The van der Waals surface area contributed by atoms with Gasteiger partial charge in [-0.25, -0.2) is 4.98 Å². The second-order valence-electron chi connectivity index (χ2n) is 3.84. The van der Waals surface area contributed by atoms with Gasteiger partial charge < -0.3 is 10.5 Å². The molecule has 0 atom stereocenters. The number of rotatable bonds is 2. The Labute approximate surface area is 107 Å². The van der Waals surface area contributed by atoms with Crippen molar-refractivity contribution in [3.63, 3.8) is 0 Å². The van der Waals surface area contributed by atoms with Crippen LogP contribution in [-0.2, 0) is 6.18 Å². The normalized spacial score (nSPS) is 11.4. The van der Waals surface area contributed by atoms with Crippen molar-refractivity contribution >= 4 is 5.95 Å². The van der Waals surface area contributed by atoms with Crippen LogP contribution in [0, 0.1) is 6.92 Å². The molecule has 7 heteroatoms. The fraction of sp³-hybridized carbons (Fsp3) is 0.167. The zero-order valence-corrected chi connectivity index (χ0v) is 9.90. The number of benzene rings is 1. The minimum atomic E-state index is -4.37. The van der Waals surface area contributed by atoms with E-state index in [-0.39, 0.29) is 17.6 Å². The Kier molecular flexibility index (Phi) is 3.28. The van der Waals surface area contributed by atoms with Gasteiger partial charge >= 0.3 is 6.18 Å². The van der Waals surface area contributed by atoms with Crippen LogP contribution in [0.1, 0.15) is 11.1 Å². The fourth-order valence-electron chi connectivity index (χ4n) is 1.37. The minimum Gasteiger partial charge on any atom is -0.439 e. The molecule has 2 aromatic rings. The van der Waals surface area contributed by atoms with Crippen molar-refractivity contribution in [3.05, 3.63) is 41.6 Å². The molecule has 19 heavy (non-hydrogen) atoms. The fourth-order valence-corrected chi connectivity index (χ4v) is 1.37. The summed E-state index contributed by atoms with van der Waals surface area (Å²) < 4.78 is 42.5. The topological polar surface area (TPSA) is 61.0 Å². The van der Waals surface area contributed by atoms with E-state index in [1.807, 2.05) is 0 Å². The lowest BCUT2D eigenvalue weighted by molar-refractivity contribution is -0.137. The molecule has 2 N–H and O–H groups in total. The third kappa shape index (κ3) is 3.12. The predicted molar refractivity (Wildman–Crippen MR) is 62.7 cm³/mol. The van der Waals surface area contributed by atoms with Gasteiger partial charge in [-0.3, -0.25) is 0 Å². The van der Waals surface area contributed by atoms with Gasteiger partial charge in [0.25, 0.3) is 0 Å². The highest BCUT2D eigenvalue weighted by Gasteiger charge is 2.30. The lowest BCUT2D eigenvalue weighted by Crippen LogP contribution is -2.04. The monoisotopic (exact) mass is 269 g/mol. The second kappa shape index (κ2) is 4.75. The van der Waals surface area contributed by atoms with E-state index in [1.54, 1.807) is 6.92 Å². The highest BCUT2D eigenvalue weighted by Crippen LogP contribution is 2.31. The third-order valence-electron chi connectivity index (χ3n) is 2.34. The number of hydrogen-bond acceptors (Lipinski definition) is 4. The van der Waals surface area contributed by atoms with Gasteiger partial charge in [0.15, 0.2) is 0 Å². The summed E-state index contributed by atoms with van der Waals surface area (Å²) in [6, 6.07) is 4.32. The van der Waals surface area contributed by atoms with E-state index in [2.05, 4.69) is 9.97 Å².